The lowest BCUT2D eigenvalue weighted by Crippen LogP contribution is -2.57. The molecule has 0 unspecified atom stereocenters. The standard InChI is InChI=1S/C26H35N5O2/c1-17-7-9-21(31-15-22(16-31)30(4)5)12-24(17)26(32)29-18(2)19-8-10-23(25(11-19)33-6)20(13-27)14-28-3/h7-14,18,22,27-28H,15-16H2,1-6H3,(H,29,32)/b20-14+,27-13?/t18-/m1/s1. The lowest BCUT2D eigenvalue weighted by Gasteiger charge is -2.44. The maximum absolute atomic E-state index is 13.1. The van der Waals surface area contributed by atoms with Crippen LogP contribution in [0.25, 0.3) is 5.57 Å². The molecule has 1 aliphatic heterocycles. The van der Waals surface area contributed by atoms with Crippen molar-refractivity contribution < 1.29 is 9.53 Å². The minimum absolute atomic E-state index is 0.0927. The molecule has 1 amide bonds. The van der Waals surface area contributed by atoms with Gasteiger partial charge < -0.3 is 30.6 Å². The molecule has 1 saturated heterocycles. The molecule has 1 heterocycles. The zero-order valence-corrected chi connectivity index (χ0v) is 20.4. The lowest BCUT2D eigenvalue weighted by atomic mass is 9.99. The molecule has 1 atom stereocenters. The summed E-state index contributed by atoms with van der Waals surface area (Å²) in [4.78, 5) is 17.7. The van der Waals surface area contributed by atoms with Crippen molar-refractivity contribution in [1.29, 1.82) is 5.41 Å². The van der Waals surface area contributed by atoms with E-state index in [2.05, 4.69) is 40.6 Å². The highest BCUT2D eigenvalue weighted by atomic mass is 16.5. The van der Waals surface area contributed by atoms with Crippen LogP contribution in [0.5, 0.6) is 5.75 Å². The third kappa shape index (κ3) is 5.37. The predicted octanol–water partition coefficient (Wildman–Crippen LogP) is 3.45. The van der Waals surface area contributed by atoms with Gasteiger partial charge in [-0.3, -0.25) is 4.79 Å². The van der Waals surface area contributed by atoms with Crippen molar-refractivity contribution in [3.05, 3.63) is 64.9 Å². The highest BCUT2D eigenvalue weighted by molar-refractivity contribution is 6.09. The summed E-state index contributed by atoms with van der Waals surface area (Å²) in [5.74, 6) is 0.565. The summed E-state index contributed by atoms with van der Waals surface area (Å²) in [7, 11) is 7.60. The van der Waals surface area contributed by atoms with Gasteiger partial charge in [0.05, 0.1) is 13.2 Å². The molecular formula is C26H35N5O2. The minimum Gasteiger partial charge on any atom is -0.496 e. The molecular weight excluding hydrogens is 414 g/mol. The number of anilines is 1. The number of methoxy groups -OCH3 is 1. The Morgan fingerprint density at radius 2 is 1.94 bits per heavy atom. The van der Waals surface area contributed by atoms with E-state index in [4.69, 9.17) is 10.1 Å². The molecule has 0 aromatic heterocycles. The number of rotatable bonds is 9. The highest BCUT2D eigenvalue weighted by Gasteiger charge is 2.29. The largest absolute Gasteiger partial charge is 0.496 e. The second-order valence-corrected chi connectivity index (χ2v) is 8.71. The van der Waals surface area contributed by atoms with Crippen LogP contribution in [-0.4, -0.2) is 64.4 Å². The molecule has 0 aliphatic carbocycles. The SMILES string of the molecule is CN/C=C(\C=N)c1ccc([C@@H](C)NC(=O)c2cc(N3CC(N(C)C)C3)ccc2C)cc1OC. The van der Waals surface area contributed by atoms with Crippen molar-refractivity contribution in [2.24, 2.45) is 0 Å². The Balaban J connectivity index is 1.76. The maximum Gasteiger partial charge on any atom is 0.252 e. The van der Waals surface area contributed by atoms with Crippen molar-refractivity contribution in [1.82, 2.24) is 15.5 Å². The summed E-state index contributed by atoms with van der Waals surface area (Å²) in [6, 6.07) is 12.2. The zero-order valence-electron chi connectivity index (χ0n) is 20.4. The topological polar surface area (TPSA) is 80.7 Å². The number of hydrogen-bond acceptors (Lipinski definition) is 6. The molecule has 0 radical (unpaired) electrons. The Bertz CT molecular complexity index is 1040. The number of nitrogens with one attached hydrogen (secondary N) is 3. The van der Waals surface area contributed by atoms with Gasteiger partial charge in [-0.05, 0) is 57.3 Å². The number of carbonyl (C=O) groups is 1. The molecule has 0 bridgehead atoms. The lowest BCUT2D eigenvalue weighted by molar-refractivity contribution is 0.0939. The molecule has 3 N–H and O–H groups in total. The molecule has 1 fully saturated rings. The van der Waals surface area contributed by atoms with Crippen molar-refractivity contribution in [3.8, 4) is 5.75 Å². The van der Waals surface area contributed by atoms with Crippen LogP contribution in [0, 0.1) is 12.3 Å². The van der Waals surface area contributed by atoms with Gasteiger partial charge in [-0.25, -0.2) is 0 Å². The van der Waals surface area contributed by atoms with Gasteiger partial charge in [0.1, 0.15) is 5.75 Å². The Labute approximate surface area is 196 Å². The first-order valence-electron chi connectivity index (χ1n) is 11.2. The zero-order chi connectivity index (χ0) is 24.1. The van der Waals surface area contributed by atoms with Crippen LogP contribution in [0.4, 0.5) is 5.69 Å². The van der Waals surface area contributed by atoms with Crippen molar-refractivity contribution in [3.63, 3.8) is 0 Å². The predicted molar refractivity (Wildman–Crippen MR) is 136 cm³/mol. The number of carbonyl (C=O) groups excluding carboxylic acids is 1. The van der Waals surface area contributed by atoms with E-state index < -0.39 is 0 Å². The van der Waals surface area contributed by atoms with Crippen molar-refractivity contribution in [2.45, 2.75) is 25.9 Å². The van der Waals surface area contributed by atoms with Crippen molar-refractivity contribution in [2.75, 3.05) is 46.2 Å². The van der Waals surface area contributed by atoms with Gasteiger partial charge in [-0.2, -0.15) is 0 Å². The number of allylic oxidation sites excluding steroid dienone is 1. The number of benzene rings is 2. The fourth-order valence-electron chi connectivity index (χ4n) is 3.97. The number of ether oxygens (including phenoxy) is 1. The van der Waals surface area contributed by atoms with Gasteiger partial charge in [0, 0.05) is 61.0 Å². The third-order valence-electron chi connectivity index (χ3n) is 6.26. The summed E-state index contributed by atoms with van der Waals surface area (Å²) in [5, 5.41) is 13.7. The van der Waals surface area contributed by atoms with E-state index in [0.717, 1.165) is 35.5 Å². The summed E-state index contributed by atoms with van der Waals surface area (Å²) in [5.41, 5.74) is 5.19. The van der Waals surface area contributed by atoms with E-state index in [-0.39, 0.29) is 11.9 Å². The summed E-state index contributed by atoms with van der Waals surface area (Å²) >= 11 is 0. The first-order valence-corrected chi connectivity index (χ1v) is 11.2. The monoisotopic (exact) mass is 449 g/mol. The Hall–Kier alpha value is -3.32. The molecule has 7 nitrogen and oxygen atoms in total. The number of aryl methyl sites for hydroxylation is 1. The molecule has 176 valence electrons. The number of nitrogens with zero attached hydrogens (tertiary/aromatic N) is 2. The Morgan fingerprint density at radius 3 is 2.55 bits per heavy atom. The van der Waals surface area contributed by atoms with Crippen LogP contribution < -0.4 is 20.3 Å². The van der Waals surface area contributed by atoms with Crippen LogP contribution in [0.3, 0.4) is 0 Å². The first kappa shape index (κ1) is 24.3. The van der Waals surface area contributed by atoms with Crippen LogP contribution in [0.2, 0.25) is 0 Å². The van der Waals surface area contributed by atoms with E-state index >= 15 is 0 Å². The number of likely N-dealkylation sites (N-methyl/N-ethyl adjacent to an activating group) is 1. The molecule has 33 heavy (non-hydrogen) atoms. The smallest absolute Gasteiger partial charge is 0.252 e. The molecule has 3 rings (SSSR count). The molecule has 2 aromatic rings. The van der Waals surface area contributed by atoms with Gasteiger partial charge in [0.2, 0.25) is 0 Å². The third-order valence-corrected chi connectivity index (χ3v) is 6.26. The second-order valence-electron chi connectivity index (χ2n) is 8.71. The average Bonchev–Trinajstić information content (AvgIpc) is 2.76. The van der Waals surface area contributed by atoms with Gasteiger partial charge in [0.15, 0.2) is 0 Å². The molecule has 7 heteroatoms. The minimum atomic E-state index is -0.206. The fraction of sp³-hybridized carbons (Fsp3) is 0.385. The van der Waals surface area contributed by atoms with Gasteiger partial charge in [-0.1, -0.05) is 18.2 Å². The van der Waals surface area contributed by atoms with Crippen molar-refractivity contribution >= 4 is 23.4 Å². The Kier molecular flexibility index (Phi) is 7.76. The molecule has 0 spiro atoms. The quantitative estimate of drug-likeness (QED) is 0.511. The Morgan fingerprint density at radius 1 is 1.21 bits per heavy atom. The molecule has 0 saturated carbocycles. The first-order chi connectivity index (χ1) is 15.8. The second kappa shape index (κ2) is 10.5. The van der Waals surface area contributed by atoms with Gasteiger partial charge in [0.25, 0.3) is 5.91 Å². The summed E-state index contributed by atoms with van der Waals surface area (Å²) in [6.07, 6.45) is 3.04. The van der Waals surface area contributed by atoms with E-state index in [1.165, 1.54) is 6.21 Å². The van der Waals surface area contributed by atoms with Crippen LogP contribution in [-0.2, 0) is 0 Å². The number of hydrogen-bond donors (Lipinski definition) is 3. The molecule has 1 aliphatic rings. The van der Waals surface area contributed by atoms with E-state index in [1.807, 2.05) is 44.2 Å². The van der Waals surface area contributed by atoms with E-state index in [1.54, 1.807) is 20.4 Å². The maximum atomic E-state index is 13.1. The normalized spacial score (nSPS) is 15.1. The van der Waals surface area contributed by atoms with Crippen LogP contribution in [0.15, 0.2) is 42.6 Å². The summed E-state index contributed by atoms with van der Waals surface area (Å²) in [6.45, 7) is 5.87. The highest BCUT2D eigenvalue weighted by Crippen LogP contribution is 2.29. The average molecular weight is 450 g/mol. The van der Waals surface area contributed by atoms with Crippen LogP contribution in [0.1, 0.15) is 40.0 Å². The van der Waals surface area contributed by atoms with Crippen LogP contribution >= 0.6 is 0 Å². The molecule has 2 aromatic carbocycles. The fourth-order valence-corrected chi connectivity index (χ4v) is 3.97. The summed E-state index contributed by atoms with van der Waals surface area (Å²) < 4.78 is 5.57. The van der Waals surface area contributed by atoms with E-state index in [0.29, 0.717) is 22.9 Å². The van der Waals surface area contributed by atoms with Gasteiger partial charge >= 0.3 is 0 Å². The van der Waals surface area contributed by atoms with E-state index in [9.17, 15) is 4.79 Å². The number of amides is 1. The van der Waals surface area contributed by atoms with Gasteiger partial charge in [-0.15, -0.1) is 0 Å².